The largest absolute Gasteiger partial charge is 0.330 e. The van der Waals surface area contributed by atoms with Crippen LogP contribution in [0.4, 0.5) is 5.69 Å². The molecule has 2 aromatic heterocycles. The molecule has 0 aliphatic carbocycles. The second kappa shape index (κ2) is 5.34. The van der Waals surface area contributed by atoms with Gasteiger partial charge in [-0.25, -0.2) is 4.98 Å². The van der Waals surface area contributed by atoms with Crippen LogP contribution < -0.4 is 5.73 Å². The molecule has 0 saturated carbocycles. The molecule has 0 atom stereocenters. The minimum absolute atomic E-state index is 0.0721. The molecule has 0 aliphatic rings. The van der Waals surface area contributed by atoms with E-state index in [9.17, 15) is 10.1 Å². The van der Waals surface area contributed by atoms with Crippen LogP contribution in [0.3, 0.4) is 0 Å². The van der Waals surface area contributed by atoms with Crippen LogP contribution in [-0.4, -0.2) is 20.9 Å². The van der Waals surface area contributed by atoms with Gasteiger partial charge in [-0.3, -0.25) is 10.1 Å². The highest BCUT2D eigenvalue weighted by molar-refractivity contribution is 5.67. The highest BCUT2D eigenvalue weighted by Gasteiger charge is 2.14. The summed E-state index contributed by atoms with van der Waals surface area (Å²) in [6, 6.07) is 12.2. The van der Waals surface area contributed by atoms with Gasteiger partial charge in [-0.15, -0.1) is 0 Å². The molecule has 0 radical (unpaired) electrons. The number of benzene rings is 1. The van der Waals surface area contributed by atoms with E-state index in [0.717, 1.165) is 22.6 Å². The number of hydrogen-bond acceptors (Lipinski definition) is 4. The van der Waals surface area contributed by atoms with Crippen molar-refractivity contribution in [1.29, 1.82) is 0 Å². The molecule has 0 amide bonds. The summed E-state index contributed by atoms with van der Waals surface area (Å²) >= 11 is 0. The van der Waals surface area contributed by atoms with Crippen molar-refractivity contribution in [2.45, 2.75) is 6.42 Å². The van der Waals surface area contributed by atoms with Crippen molar-refractivity contribution >= 4 is 11.3 Å². The quantitative estimate of drug-likeness (QED) is 0.588. The Labute approximate surface area is 121 Å². The zero-order valence-corrected chi connectivity index (χ0v) is 11.3. The van der Waals surface area contributed by atoms with Gasteiger partial charge in [-0.2, -0.15) is 0 Å². The number of nitro benzene ring substituents is 1. The molecular formula is C15H14N4O2. The molecule has 106 valence electrons. The van der Waals surface area contributed by atoms with Crippen molar-refractivity contribution in [3.05, 3.63) is 64.5 Å². The zero-order valence-electron chi connectivity index (χ0n) is 11.3. The first-order valence-electron chi connectivity index (χ1n) is 6.61. The lowest BCUT2D eigenvalue weighted by atomic mass is 10.1. The second-order valence-electron chi connectivity index (χ2n) is 4.68. The van der Waals surface area contributed by atoms with Gasteiger partial charge < -0.3 is 10.1 Å². The minimum atomic E-state index is -0.408. The lowest BCUT2D eigenvalue weighted by Crippen LogP contribution is -2.06. The van der Waals surface area contributed by atoms with Crippen LogP contribution in [0, 0.1) is 10.1 Å². The number of hydrogen-bond donors (Lipinski definition) is 1. The molecule has 6 nitrogen and oxygen atoms in total. The van der Waals surface area contributed by atoms with Crippen LogP contribution in [0.25, 0.3) is 16.9 Å². The summed E-state index contributed by atoms with van der Waals surface area (Å²) in [5.74, 6) is 0. The summed E-state index contributed by atoms with van der Waals surface area (Å²) < 4.78 is 2.00. The summed E-state index contributed by atoms with van der Waals surface area (Å²) in [6.07, 6.45) is 2.64. The monoisotopic (exact) mass is 282 g/mol. The summed E-state index contributed by atoms with van der Waals surface area (Å²) in [6.45, 7) is 0.517. The Morgan fingerprint density at radius 2 is 1.95 bits per heavy atom. The highest BCUT2D eigenvalue weighted by Crippen LogP contribution is 2.26. The van der Waals surface area contributed by atoms with Gasteiger partial charge in [0.15, 0.2) is 0 Å². The number of rotatable bonds is 4. The highest BCUT2D eigenvalue weighted by atomic mass is 16.6. The molecule has 1 aromatic carbocycles. The van der Waals surface area contributed by atoms with Gasteiger partial charge >= 0.3 is 0 Å². The van der Waals surface area contributed by atoms with Gasteiger partial charge in [-0.1, -0.05) is 6.07 Å². The van der Waals surface area contributed by atoms with Crippen LogP contribution >= 0.6 is 0 Å². The molecule has 0 unspecified atom stereocenters. The third-order valence-electron chi connectivity index (χ3n) is 3.36. The van der Waals surface area contributed by atoms with E-state index in [-0.39, 0.29) is 5.69 Å². The average molecular weight is 282 g/mol. The molecule has 3 rings (SSSR count). The van der Waals surface area contributed by atoms with Crippen LogP contribution in [0.1, 0.15) is 5.69 Å². The first kappa shape index (κ1) is 13.3. The molecular weight excluding hydrogens is 268 g/mol. The van der Waals surface area contributed by atoms with Gasteiger partial charge in [0.25, 0.3) is 5.69 Å². The summed E-state index contributed by atoms with van der Waals surface area (Å²) in [5.41, 5.74) is 9.30. The Bertz CT molecular complexity index is 793. The summed E-state index contributed by atoms with van der Waals surface area (Å²) in [7, 11) is 0. The third kappa shape index (κ3) is 2.36. The smallest absolute Gasteiger partial charge is 0.269 e. The van der Waals surface area contributed by atoms with Gasteiger partial charge in [-0.05, 0) is 30.8 Å². The van der Waals surface area contributed by atoms with E-state index in [0.29, 0.717) is 13.0 Å². The van der Waals surface area contributed by atoms with E-state index >= 15 is 0 Å². The number of fused-ring (bicyclic) bond motifs is 1. The third-order valence-corrected chi connectivity index (χ3v) is 3.36. The molecule has 3 aromatic rings. The Morgan fingerprint density at radius 3 is 2.62 bits per heavy atom. The topological polar surface area (TPSA) is 86.5 Å². The van der Waals surface area contributed by atoms with E-state index in [2.05, 4.69) is 4.98 Å². The predicted molar refractivity (Wildman–Crippen MR) is 80.0 cm³/mol. The molecule has 6 heteroatoms. The molecule has 21 heavy (non-hydrogen) atoms. The molecule has 0 fully saturated rings. The number of aromatic nitrogens is 2. The molecule has 2 heterocycles. The Kier molecular flexibility index (Phi) is 3.37. The number of non-ortho nitro benzene ring substituents is 1. The standard InChI is InChI=1S/C15H14N4O2/c16-9-8-13-15(17-14-3-1-2-10-18(13)14)11-4-6-12(7-5-11)19(20)21/h1-7,10H,8-9,16H2. The average Bonchev–Trinajstić information content (AvgIpc) is 2.87. The fourth-order valence-electron chi connectivity index (χ4n) is 2.39. The van der Waals surface area contributed by atoms with Crippen molar-refractivity contribution in [2.75, 3.05) is 6.54 Å². The SMILES string of the molecule is NCCc1c(-c2ccc([N+](=O)[O-])cc2)nc2ccccn12. The lowest BCUT2D eigenvalue weighted by Gasteiger charge is -2.03. The van der Waals surface area contributed by atoms with Crippen molar-refractivity contribution in [3.8, 4) is 11.3 Å². The Hall–Kier alpha value is -2.73. The van der Waals surface area contributed by atoms with Gasteiger partial charge in [0.05, 0.1) is 16.3 Å². The van der Waals surface area contributed by atoms with Crippen molar-refractivity contribution in [1.82, 2.24) is 9.38 Å². The number of nitro groups is 1. The van der Waals surface area contributed by atoms with E-state index in [1.54, 1.807) is 12.1 Å². The second-order valence-corrected chi connectivity index (χ2v) is 4.68. The number of nitrogens with two attached hydrogens (primary N) is 1. The zero-order chi connectivity index (χ0) is 14.8. The number of nitrogens with zero attached hydrogens (tertiary/aromatic N) is 3. The van der Waals surface area contributed by atoms with E-state index in [1.165, 1.54) is 12.1 Å². The molecule has 0 bridgehead atoms. The van der Waals surface area contributed by atoms with E-state index < -0.39 is 4.92 Å². The predicted octanol–water partition coefficient (Wildman–Crippen LogP) is 2.41. The van der Waals surface area contributed by atoms with Crippen molar-refractivity contribution in [3.63, 3.8) is 0 Å². The fraction of sp³-hybridized carbons (Fsp3) is 0.133. The maximum Gasteiger partial charge on any atom is 0.269 e. The van der Waals surface area contributed by atoms with Gasteiger partial charge in [0.2, 0.25) is 0 Å². The van der Waals surface area contributed by atoms with Gasteiger partial charge in [0, 0.05) is 30.3 Å². The fourth-order valence-corrected chi connectivity index (χ4v) is 2.39. The first-order valence-corrected chi connectivity index (χ1v) is 6.61. The maximum atomic E-state index is 10.7. The molecule has 0 saturated heterocycles. The van der Waals surface area contributed by atoms with Crippen molar-refractivity contribution < 1.29 is 4.92 Å². The minimum Gasteiger partial charge on any atom is -0.330 e. The molecule has 2 N–H and O–H groups in total. The van der Waals surface area contributed by atoms with Crippen LogP contribution in [0.2, 0.25) is 0 Å². The van der Waals surface area contributed by atoms with Crippen LogP contribution in [0.5, 0.6) is 0 Å². The lowest BCUT2D eigenvalue weighted by molar-refractivity contribution is -0.384. The van der Waals surface area contributed by atoms with Crippen LogP contribution in [0.15, 0.2) is 48.7 Å². The van der Waals surface area contributed by atoms with Crippen molar-refractivity contribution in [2.24, 2.45) is 5.73 Å². The number of pyridine rings is 1. The molecule has 0 aliphatic heterocycles. The normalized spacial score (nSPS) is 10.9. The summed E-state index contributed by atoms with van der Waals surface area (Å²) in [4.78, 5) is 14.9. The van der Waals surface area contributed by atoms with Crippen LogP contribution in [-0.2, 0) is 6.42 Å². The maximum absolute atomic E-state index is 10.7. The van der Waals surface area contributed by atoms with E-state index in [4.69, 9.17) is 5.73 Å². The van der Waals surface area contributed by atoms with E-state index in [1.807, 2.05) is 28.8 Å². The molecule has 0 spiro atoms. The summed E-state index contributed by atoms with van der Waals surface area (Å²) in [5, 5.41) is 10.7. The Morgan fingerprint density at radius 1 is 1.19 bits per heavy atom. The number of imidazole rings is 1. The Balaban J connectivity index is 2.14. The van der Waals surface area contributed by atoms with Gasteiger partial charge in [0.1, 0.15) is 5.65 Å². The first-order chi connectivity index (χ1) is 10.2.